The van der Waals surface area contributed by atoms with Crippen LogP contribution in [0.15, 0.2) is 24.3 Å². The molecule has 0 amide bonds. The van der Waals surface area contributed by atoms with Gasteiger partial charge in [0.15, 0.2) is 0 Å². The lowest BCUT2D eigenvalue weighted by atomic mass is 9.82. The van der Waals surface area contributed by atoms with Gasteiger partial charge in [0.05, 0.1) is 0 Å². The summed E-state index contributed by atoms with van der Waals surface area (Å²) in [6.07, 6.45) is 5.68. The molecular formula is C19H31N. The van der Waals surface area contributed by atoms with Crippen LogP contribution in [0.25, 0.3) is 0 Å². The minimum absolute atomic E-state index is 0.253. The van der Waals surface area contributed by atoms with Crippen molar-refractivity contribution in [2.45, 2.75) is 64.7 Å². The zero-order valence-corrected chi connectivity index (χ0v) is 13.7. The lowest BCUT2D eigenvalue weighted by Crippen LogP contribution is -2.25. The van der Waals surface area contributed by atoms with Gasteiger partial charge in [-0.2, -0.15) is 0 Å². The quantitative estimate of drug-likeness (QED) is 0.807. The second kappa shape index (κ2) is 6.76. The Morgan fingerprint density at radius 2 is 1.70 bits per heavy atom. The first-order chi connectivity index (χ1) is 9.52. The summed E-state index contributed by atoms with van der Waals surface area (Å²) in [7, 11) is 0. The van der Waals surface area contributed by atoms with Crippen LogP contribution >= 0.6 is 0 Å². The molecule has 1 fully saturated rings. The van der Waals surface area contributed by atoms with Crippen molar-refractivity contribution in [1.29, 1.82) is 0 Å². The first-order valence-corrected chi connectivity index (χ1v) is 8.33. The molecule has 1 aromatic rings. The van der Waals surface area contributed by atoms with Crippen LogP contribution in [-0.4, -0.2) is 13.1 Å². The third-order valence-electron chi connectivity index (χ3n) is 4.79. The van der Waals surface area contributed by atoms with Crippen LogP contribution in [-0.2, 0) is 5.41 Å². The molecule has 2 rings (SSSR count). The highest BCUT2D eigenvalue weighted by Gasteiger charge is 2.26. The van der Waals surface area contributed by atoms with Gasteiger partial charge >= 0.3 is 0 Å². The minimum Gasteiger partial charge on any atom is -0.316 e. The van der Waals surface area contributed by atoms with Crippen LogP contribution in [0.3, 0.4) is 0 Å². The molecule has 1 aromatic carbocycles. The van der Waals surface area contributed by atoms with Gasteiger partial charge in [0.2, 0.25) is 0 Å². The summed E-state index contributed by atoms with van der Waals surface area (Å²) in [6, 6.07) is 9.42. The molecule has 1 saturated carbocycles. The maximum atomic E-state index is 3.57. The molecule has 1 unspecified atom stereocenters. The van der Waals surface area contributed by atoms with E-state index in [1.54, 1.807) is 0 Å². The van der Waals surface area contributed by atoms with Crippen molar-refractivity contribution in [3.63, 3.8) is 0 Å². The molecule has 1 atom stereocenters. The monoisotopic (exact) mass is 273 g/mol. The van der Waals surface area contributed by atoms with E-state index >= 15 is 0 Å². The van der Waals surface area contributed by atoms with Gasteiger partial charge in [0, 0.05) is 6.54 Å². The Morgan fingerprint density at radius 3 is 2.20 bits per heavy atom. The van der Waals surface area contributed by atoms with Crippen molar-refractivity contribution >= 4 is 0 Å². The van der Waals surface area contributed by atoms with Gasteiger partial charge in [-0.15, -0.1) is 0 Å². The van der Waals surface area contributed by atoms with Gasteiger partial charge in [-0.3, -0.25) is 0 Å². The van der Waals surface area contributed by atoms with Gasteiger partial charge in [-0.1, -0.05) is 64.8 Å². The van der Waals surface area contributed by atoms with Crippen LogP contribution in [0.5, 0.6) is 0 Å². The predicted octanol–water partition coefficient (Wildman–Crippen LogP) is 4.87. The van der Waals surface area contributed by atoms with E-state index in [9.17, 15) is 0 Å². The molecule has 0 spiro atoms. The van der Waals surface area contributed by atoms with E-state index in [1.165, 1.54) is 36.8 Å². The number of rotatable bonds is 5. The molecule has 0 aromatic heterocycles. The highest BCUT2D eigenvalue weighted by atomic mass is 14.8. The standard InChI is InChI=1S/C19H31N/c1-5-20-14-18(15-8-6-7-9-15)16-10-12-17(13-11-16)19(2,3)4/h10-13,15,18,20H,5-9,14H2,1-4H3. The molecule has 1 aliphatic carbocycles. The largest absolute Gasteiger partial charge is 0.316 e. The second-order valence-corrected chi connectivity index (χ2v) is 7.33. The van der Waals surface area contributed by atoms with E-state index < -0.39 is 0 Å². The van der Waals surface area contributed by atoms with E-state index in [-0.39, 0.29) is 5.41 Å². The minimum atomic E-state index is 0.253. The lowest BCUT2D eigenvalue weighted by molar-refractivity contribution is 0.414. The highest BCUT2D eigenvalue weighted by Crippen LogP contribution is 2.37. The van der Waals surface area contributed by atoms with Crippen molar-refractivity contribution < 1.29 is 0 Å². The van der Waals surface area contributed by atoms with E-state index in [4.69, 9.17) is 0 Å². The Hall–Kier alpha value is -0.820. The second-order valence-electron chi connectivity index (χ2n) is 7.33. The van der Waals surface area contributed by atoms with Crippen LogP contribution < -0.4 is 5.32 Å². The maximum absolute atomic E-state index is 3.57. The van der Waals surface area contributed by atoms with Crippen LogP contribution in [0, 0.1) is 5.92 Å². The van der Waals surface area contributed by atoms with Crippen molar-refractivity contribution in [2.24, 2.45) is 5.92 Å². The van der Waals surface area contributed by atoms with Gasteiger partial charge in [-0.25, -0.2) is 0 Å². The van der Waals surface area contributed by atoms with Crippen LogP contribution in [0.1, 0.15) is 70.4 Å². The normalized spacial score (nSPS) is 18.4. The smallest absolute Gasteiger partial charge is 0.00227 e. The van der Waals surface area contributed by atoms with Crippen molar-refractivity contribution in [3.05, 3.63) is 35.4 Å². The number of hydrogen-bond acceptors (Lipinski definition) is 1. The zero-order valence-electron chi connectivity index (χ0n) is 13.7. The van der Waals surface area contributed by atoms with Gasteiger partial charge < -0.3 is 5.32 Å². The fraction of sp³-hybridized carbons (Fsp3) is 0.684. The predicted molar refractivity (Wildman–Crippen MR) is 88.4 cm³/mol. The highest BCUT2D eigenvalue weighted by molar-refractivity contribution is 5.30. The Bertz CT molecular complexity index is 393. The Kier molecular flexibility index (Phi) is 5.26. The first-order valence-electron chi connectivity index (χ1n) is 8.33. The van der Waals surface area contributed by atoms with Gasteiger partial charge in [0.25, 0.3) is 0 Å². The SMILES string of the molecule is CCNCC(c1ccc(C(C)(C)C)cc1)C1CCCC1. The number of benzene rings is 1. The molecule has 20 heavy (non-hydrogen) atoms. The Balaban J connectivity index is 2.15. The van der Waals surface area contributed by atoms with Crippen molar-refractivity contribution in [1.82, 2.24) is 5.32 Å². The third-order valence-corrected chi connectivity index (χ3v) is 4.79. The molecule has 112 valence electrons. The Labute approximate surface area is 125 Å². The fourth-order valence-electron chi connectivity index (χ4n) is 3.45. The molecule has 0 bridgehead atoms. The van der Waals surface area contributed by atoms with E-state index in [1.807, 2.05) is 0 Å². The average molecular weight is 273 g/mol. The summed E-state index contributed by atoms with van der Waals surface area (Å²) in [5.74, 6) is 1.58. The molecule has 1 heteroatoms. The number of likely N-dealkylation sites (N-methyl/N-ethyl adjacent to an activating group) is 1. The number of nitrogens with one attached hydrogen (secondary N) is 1. The first kappa shape index (κ1) is 15.6. The fourth-order valence-corrected chi connectivity index (χ4v) is 3.45. The molecule has 1 nitrogen and oxygen atoms in total. The summed E-state index contributed by atoms with van der Waals surface area (Å²) in [5, 5.41) is 3.57. The van der Waals surface area contributed by atoms with E-state index in [2.05, 4.69) is 57.3 Å². The molecule has 0 saturated heterocycles. The molecule has 1 N–H and O–H groups in total. The summed E-state index contributed by atoms with van der Waals surface area (Å²) in [4.78, 5) is 0. The van der Waals surface area contributed by atoms with Gasteiger partial charge in [0.1, 0.15) is 0 Å². The summed E-state index contributed by atoms with van der Waals surface area (Å²) in [5.41, 5.74) is 3.23. The van der Waals surface area contributed by atoms with E-state index in [0.717, 1.165) is 19.0 Å². The van der Waals surface area contributed by atoms with Crippen LogP contribution in [0.2, 0.25) is 0 Å². The maximum Gasteiger partial charge on any atom is 0.00227 e. The molecule has 0 heterocycles. The third kappa shape index (κ3) is 3.85. The number of hydrogen-bond donors (Lipinski definition) is 1. The van der Waals surface area contributed by atoms with Crippen LogP contribution in [0.4, 0.5) is 0 Å². The molecule has 1 aliphatic rings. The summed E-state index contributed by atoms with van der Waals surface area (Å²) < 4.78 is 0. The van der Waals surface area contributed by atoms with E-state index in [0.29, 0.717) is 5.92 Å². The zero-order chi connectivity index (χ0) is 14.6. The molecule has 0 aliphatic heterocycles. The van der Waals surface area contributed by atoms with Crippen molar-refractivity contribution in [2.75, 3.05) is 13.1 Å². The summed E-state index contributed by atoms with van der Waals surface area (Å²) >= 11 is 0. The molecule has 0 radical (unpaired) electrons. The molecular weight excluding hydrogens is 242 g/mol. The van der Waals surface area contributed by atoms with Crippen molar-refractivity contribution in [3.8, 4) is 0 Å². The Morgan fingerprint density at radius 1 is 1.10 bits per heavy atom. The summed E-state index contributed by atoms with van der Waals surface area (Å²) in [6.45, 7) is 11.3. The van der Waals surface area contributed by atoms with Gasteiger partial charge in [-0.05, 0) is 47.8 Å². The topological polar surface area (TPSA) is 12.0 Å². The average Bonchev–Trinajstić information content (AvgIpc) is 2.93. The lowest BCUT2D eigenvalue weighted by Gasteiger charge is -2.26.